The van der Waals surface area contributed by atoms with Crippen LogP contribution in [0.1, 0.15) is 40.0 Å². The van der Waals surface area contributed by atoms with Gasteiger partial charge in [0.05, 0.1) is 6.61 Å². The lowest BCUT2D eigenvalue weighted by atomic mass is 9.73. The van der Waals surface area contributed by atoms with E-state index in [4.69, 9.17) is 4.74 Å². The molecule has 0 aromatic heterocycles. The summed E-state index contributed by atoms with van der Waals surface area (Å²) in [7, 11) is 0. The van der Waals surface area contributed by atoms with E-state index >= 15 is 0 Å². The quantitative estimate of drug-likeness (QED) is 0.687. The van der Waals surface area contributed by atoms with Crippen molar-refractivity contribution in [2.24, 2.45) is 11.3 Å². The molecular weight excluding hydrogens is 174 g/mol. The van der Waals surface area contributed by atoms with E-state index in [9.17, 15) is 0 Å². The summed E-state index contributed by atoms with van der Waals surface area (Å²) in [5.41, 5.74) is 0.396. The zero-order valence-electron chi connectivity index (χ0n) is 9.94. The summed E-state index contributed by atoms with van der Waals surface area (Å²) < 4.78 is 5.64. The molecule has 0 spiro atoms. The predicted molar refractivity (Wildman–Crippen MR) is 60.5 cm³/mol. The molecule has 14 heavy (non-hydrogen) atoms. The van der Waals surface area contributed by atoms with Crippen LogP contribution in [0.2, 0.25) is 0 Å². The fourth-order valence-corrected chi connectivity index (χ4v) is 2.19. The number of hydrogen-bond acceptors (Lipinski definition) is 2. The maximum atomic E-state index is 5.64. The lowest BCUT2D eigenvalue weighted by Gasteiger charge is -2.40. The minimum Gasteiger partial charge on any atom is -0.381 e. The van der Waals surface area contributed by atoms with Crippen molar-refractivity contribution in [3.05, 3.63) is 0 Å². The first-order valence-electron chi connectivity index (χ1n) is 6.00. The van der Waals surface area contributed by atoms with Gasteiger partial charge in [-0.1, -0.05) is 20.8 Å². The third-order valence-corrected chi connectivity index (χ3v) is 3.48. The van der Waals surface area contributed by atoms with Crippen molar-refractivity contribution in [3.63, 3.8) is 0 Å². The molecule has 1 atom stereocenters. The molecule has 0 aromatic rings. The smallest absolute Gasteiger partial charge is 0.0537 e. The lowest BCUT2D eigenvalue weighted by molar-refractivity contribution is -0.0331. The largest absolute Gasteiger partial charge is 0.381 e. The van der Waals surface area contributed by atoms with Crippen molar-refractivity contribution >= 4 is 0 Å². The SMILES string of the molecule is CCCNCC1(C(C)C)CCCOC1. The first-order chi connectivity index (χ1) is 6.71. The highest BCUT2D eigenvalue weighted by molar-refractivity contribution is 4.86. The standard InChI is InChI=1S/C12H25NO/c1-4-7-13-9-12(11(2)3)6-5-8-14-10-12/h11,13H,4-10H2,1-3H3. The van der Waals surface area contributed by atoms with Crippen LogP contribution in [0, 0.1) is 11.3 Å². The van der Waals surface area contributed by atoms with Gasteiger partial charge in [0.2, 0.25) is 0 Å². The van der Waals surface area contributed by atoms with Gasteiger partial charge in [0.15, 0.2) is 0 Å². The lowest BCUT2D eigenvalue weighted by Crippen LogP contribution is -2.45. The maximum absolute atomic E-state index is 5.64. The Kier molecular flexibility index (Phi) is 4.90. The van der Waals surface area contributed by atoms with Crippen LogP contribution in [0.5, 0.6) is 0 Å². The van der Waals surface area contributed by atoms with Crippen molar-refractivity contribution in [2.75, 3.05) is 26.3 Å². The van der Waals surface area contributed by atoms with Crippen LogP contribution < -0.4 is 5.32 Å². The highest BCUT2D eigenvalue weighted by Gasteiger charge is 2.35. The van der Waals surface area contributed by atoms with Crippen LogP contribution in [-0.2, 0) is 4.74 Å². The number of rotatable bonds is 5. The van der Waals surface area contributed by atoms with Gasteiger partial charge in [-0.3, -0.25) is 0 Å². The summed E-state index contributed by atoms with van der Waals surface area (Å²) in [5, 5.41) is 3.55. The van der Waals surface area contributed by atoms with Gasteiger partial charge in [0.25, 0.3) is 0 Å². The molecule has 1 N–H and O–H groups in total. The molecule has 1 rings (SSSR count). The molecule has 2 nitrogen and oxygen atoms in total. The van der Waals surface area contributed by atoms with E-state index in [0.717, 1.165) is 26.3 Å². The first-order valence-corrected chi connectivity index (χ1v) is 6.00. The van der Waals surface area contributed by atoms with Crippen LogP contribution in [0.15, 0.2) is 0 Å². The van der Waals surface area contributed by atoms with Crippen molar-refractivity contribution in [1.29, 1.82) is 0 Å². The van der Waals surface area contributed by atoms with Crippen LogP contribution in [0.25, 0.3) is 0 Å². The van der Waals surface area contributed by atoms with Gasteiger partial charge in [-0.25, -0.2) is 0 Å². The van der Waals surface area contributed by atoms with Gasteiger partial charge in [-0.2, -0.15) is 0 Å². The van der Waals surface area contributed by atoms with Gasteiger partial charge >= 0.3 is 0 Å². The second-order valence-corrected chi connectivity index (χ2v) is 4.85. The average molecular weight is 199 g/mol. The Labute approximate surface area is 88.4 Å². The molecule has 1 fully saturated rings. The van der Waals surface area contributed by atoms with Gasteiger partial charge < -0.3 is 10.1 Å². The zero-order chi connectivity index (χ0) is 10.4. The third kappa shape index (κ3) is 2.96. The molecule has 0 aromatic carbocycles. The Hall–Kier alpha value is -0.0800. The van der Waals surface area contributed by atoms with Crippen LogP contribution in [-0.4, -0.2) is 26.3 Å². The Morgan fingerprint density at radius 1 is 1.43 bits per heavy atom. The zero-order valence-corrected chi connectivity index (χ0v) is 9.94. The Morgan fingerprint density at radius 3 is 2.71 bits per heavy atom. The van der Waals surface area contributed by atoms with E-state index in [1.165, 1.54) is 19.3 Å². The van der Waals surface area contributed by atoms with Crippen LogP contribution in [0.3, 0.4) is 0 Å². The number of ether oxygens (including phenoxy) is 1. The Balaban J connectivity index is 2.43. The Morgan fingerprint density at radius 2 is 2.21 bits per heavy atom. The molecular formula is C12H25NO. The van der Waals surface area contributed by atoms with Gasteiger partial charge in [0.1, 0.15) is 0 Å². The van der Waals surface area contributed by atoms with E-state index in [-0.39, 0.29) is 0 Å². The average Bonchev–Trinajstić information content (AvgIpc) is 2.19. The van der Waals surface area contributed by atoms with E-state index < -0.39 is 0 Å². The Bertz CT molecular complexity index is 150. The molecule has 1 saturated heterocycles. The molecule has 0 saturated carbocycles. The van der Waals surface area contributed by atoms with E-state index in [1.54, 1.807) is 0 Å². The van der Waals surface area contributed by atoms with Gasteiger partial charge in [-0.05, 0) is 31.7 Å². The number of nitrogens with one attached hydrogen (secondary N) is 1. The van der Waals surface area contributed by atoms with Crippen molar-refractivity contribution in [1.82, 2.24) is 5.32 Å². The molecule has 2 heteroatoms. The number of hydrogen-bond donors (Lipinski definition) is 1. The molecule has 0 aliphatic carbocycles. The predicted octanol–water partition coefficient (Wildman–Crippen LogP) is 2.44. The van der Waals surface area contributed by atoms with Crippen LogP contribution >= 0.6 is 0 Å². The highest BCUT2D eigenvalue weighted by Crippen LogP contribution is 2.35. The summed E-state index contributed by atoms with van der Waals surface area (Å²) in [4.78, 5) is 0. The minimum atomic E-state index is 0.396. The molecule has 1 unspecified atom stereocenters. The van der Waals surface area contributed by atoms with Crippen LogP contribution in [0.4, 0.5) is 0 Å². The normalized spacial score (nSPS) is 28.3. The molecule has 0 amide bonds. The monoisotopic (exact) mass is 199 g/mol. The summed E-state index contributed by atoms with van der Waals surface area (Å²) >= 11 is 0. The van der Waals surface area contributed by atoms with Crippen molar-refractivity contribution in [2.45, 2.75) is 40.0 Å². The summed E-state index contributed by atoms with van der Waals surface area (Å²) in [6.45, 7) is 11.0. The molecule has 0 radical (unpaired) electrons. The van der Waals surface area contributed by atoms with Gasteiger partial charge in [0, 0.05) is 18.6 Å². The summed E-state index contributed by atoms with van der Waals surface area (Å²) in [6, 6.07) is 0. The van der Waals surface area contributed by atoms with Crippen molar-refractivity contribution < 1.29 is 4.74 Å². The molecule has 84 valence electrons. The second-order valence-electron chi connectivity index (χ2n) is 4.85. The fourth-order valence-electron chi connectivity index (χ4n) is 2.19. The minimum absolute atomic E-state index is 0.396. The first kappa shape index (κ1) is 12.0. The molecule has 0 bridgehead atoms. The van der Waals surface area contributed by atoms with Gasteiger partial charge in [-0.15, -0.1) is 0 Å². The van der Waals surface area contributed by atoms with E-state index in [1.807, 2.05) is 0 Å². The third-order valence-electron chi connectivity index (χ3n) is 3.48. The molecule has 1 heterocycles. The summed E-state index contributed by atoms with van der Waals surface area (Å²) in [6.07, 6.45) is 3.77. The van der Waals surface area contributed by atoms with Crippen molar-refractivity contribution in [3.8, 4) is 0 Å². The second kappa shape index (κ2) is 5.72. The topological polar surface area (TPSA) is 21.3 Å². The highest BCUT2D eigenvalue weighted by atomic mass is 16.5. The molecule has 1 aliphatic rings. The molecule has 1 aliphatic heterocycles. The van der Waals surface area contributed by atoms with E-state index in [0.29, 0.717) is 11.3 Å². The maximum Gasteiger partial charge on any atom is 0.0537 e. The summed E-state index contributed by atoms with van der Waals surface area (Å²) in [5.74, 6) is 0.715. The fraction of sp³-hybridized carbons (Fsp3) is 1.00. The van der Waals surface area contributed by atoms with E-state index in [2.05, 4.69) is 26.1 Å².